The lowest BCUT2D eigenvalue weighted by Crippen LogP contribution is -2.35. The van der Waals surface area contributed by atoms with Crippen molar-refractivity contribution in [2.45, 2.75) is 18.8 Å². The second-order valence-corrected chi connectivity index (χ2v) is 6.00. The summed E-state index contributed by atoms with van der Waals surface area (Å²) >= 11 is 5.95. The molecule has 0 bridgehead atoms. The summed E-state index contributed by atoms with van der Waals surface area (Å²) in [6, 6.07) is 15.0. The summed E-state index contributed by atoms with van der Waals surface area (Å²) in [6.07, 6.45) is 0.882. The molecule has 4 nitrogen and oxygen atoms in total. The Labute approximate surface area is 139 Å². The molecule has 2 amide bonds. The molecule has 2 aromatic rings. The van der Waals surface area contributed by atoms with Crippen molar-refractivity contribution >= 4 is 29.1 Å². The Morgan fingerprint density at radius 2 is 2.04 bits per heavy atom. The Kier molecular flexibility index (Phi) is 4.63. The molecule has 0 saturated carbocycles. The van der Waals surface area contributed by atoms with Crippen LogP contribution in [-0.2, 0) is 16.0 Å². The van der Waals surface area contributed by atoms with Crippen LogP contribution in [0, 0.1) is 0 Å². The van der Waals surface area contributed by atoms with E-state index in [-0.39, 0.29) is 18.2 Å². The zero-order valence-electron chi connectivity index (χ0n) is 12.5. The Morgan fingerprint density at radius 3 is 2.87 bits per heavy atom. The normalized spacial score (nSPS) is 16.4. The van der Waals surface area contributed by atoms with E-state index < -0.39 is 5.92 Å². The molecular formula is C18H17ClN2O2. The average Bonchev–Trinajstić information content (AvgIpc) is 2.54. The Balaban J connectivity index is 1.63. The fourth-order valence-electron chi connectivity index (χ4n) is 2.79. The lowest BCUT2D eigenvalue weighted by molar-refractivity contribution is -0.126. The number of para-hydroxylation sites is 1. The van der Waals surface area contributed by atoms with Gasteiger partial charge in [0.2, 0.25) is 11.8 Å². The lowest BCUT2D eigenvalue weighted by Gasteiger charge is -2.24. The minimum absolute atomic E-state index is 0.116. The zero-order valence-corrected chi connectivity index (χ0v) is 13.3. The van der Waals surface area contributed by atoms with Gasteiger partial charge in [0.05, 0.1) is 5.92 Å². The van der Waals surface area contributed by atoms with Crippen LogP contribution in [0.4, 0.5) is 5.69 Å². The van der Waals surface area contributed by atoms with E-state index in [9.17, 15) is 9.59 Å². The molecule has 1 aliphatic heterocycles. The van der Waals surface area contributed by atoms with E-state index in [1.165, 1.54) is 0 Å². The maximum atomic E-state index is 12.4. The first-order valence-electron chi connectivity index (χ1n) is 7.54. The number of nitrogens with one attached hydrogen (secondary N) is 2. The van der Waals surface area contributed by atoms with Crippen LogP contribution in [-0.4, -0.2) is 18.4 Å². The molecule has 0 aliphatic carbocycles. The summed E-state index contributed by atoms with van der Waals surface area (Å²) in [7, 11) is 0. The molecule has 1 aliphatic rings. The Morgan fingerprint density at radius 1 is 1.22 bits per heavy atom. The highest BCUT2D eigenvalue weighted by atomic mass is 35.5. The maximum absolute atomic E-state index is 12.4. The summed E-state index contributed by atoms with van der Waals surface area (Å²) in [5, 5.41) is 6.41. The molecule has 3 rings (SSSR count). The van der Waals surface area contributed by atoms with Crippen molar-refractivity contribution in [1.82, 2.24) is 5.32 Å². The van der Waals surface area contributed by atoms with Crippen molar-refractivity contribution in [2.24, 2.45) is 0 Å². The van der Waals surface area contributed by atoms with E-state index in [4.69, 9.17) is 11.6 Å². The molecular weight excluding hydrogens is 312 g/mol. The van der Waals surface area contributed by atoms with Crippen molar-refractivity contribution in [3.05, 3.63) is 64.7 Å². The first kappa shape index (κ1) is 15.6. The number of hydrogen-bond acceptors (Lipinski definition) is 2. The molecule has 118 valence electrons. The third-order valence-corrected chi connectivity index (χ3v) is 4.15. The largest absolute Gasteiger partial charge is 0.355 e. The van der Waals surface area contributed by atoms with Gasteiger partial charge in [0.15, 0.2) is 0 Å². The van der Waals surface area contributed by atoms with Crippen molar-refractivity contribution in [1.29, 1.82) is 0 Å². The lowest BCUT2D eigenvalue weighted by atomic mass is 9.90. The summed E-state index contributed by atoms with van der Waals surface area (Å²) in [6.45, 7) is 0.513. The number of amides is 2. The molecule has 2 aromatic carbocycles. The van der Waals surface area contributed by atoms with Gasteiger partial charge in [0.25, 0.3) is 0 Å². The summed E-state index contributed by atoms with van der Waals surface area (Å²) < 4.78 is 0. The molecule has 0 aromatic heterocycles. The second kappa shape index (κ2) is 6.84. The van der Waals surface area contributed by atoms with Gasteiger partial charge in [-0.3, -0.25) is 9.59 Å². The Hall–Kier alpha value is -2.33. The highest BCUT2D eigenvalue weighted by molar-refractivity contribution is 6.30. The van der Waals surface area contributed by atoms with E-state index in [2.05, 4.69) is 10.6 Å². The molecule has 2 N–H and O–H groups in total. The highest BCUT2D eigenvalue weighted by Crippen LogP contribution is 2.31. The summed E-state index contributed by atoms with van der Waals surface area (Å²) in [5.41, 5.74) is 2.66. The first-order chi connectivity index (χ1) is 11.1. The second-order valence-electron chi connectivity index (χ2n) is 5.56. The van der Waals surface area contributed by atoms with E-state index >= 15 is 0 Å². The highest BCUT2D eigenvalue weighted by Gasteiger charge is 2.29. The van der Waals surface area contributed by atoms with Gasteiger partial charge < -0.3 is 10.6 Å². The molecule has 1 unspecified atom stereocenters. The maximum Gasteiger partial charge on any atom is 0.228 e. The number of anilines is 1. The molecule has 1 atom stereocenters. The topological polar surface area (TPSA) is 58.2 Å². The van der Waals surface area contributed by atoms with Crippen LogP contribution < -0.4 is 10.6 Å². The minimum atomic E-state index is -0.431. The number of carbonyl (C=O) groups is 2. The van der Waals surface area contributed by atoms with Crippen LogP contribution in [0.25, 0.3) is 0 Å². The van der Waals surface area contributed by atoms with Gasteiger partial charge in [0.1, 0.15) is 0 Å². The van der Waals surface area contributed by atoms with Gasteiger partial charge >= 0.3 is 0 Å². The first-order valence-corrected chi connectivity index (χ1v) is 7.92. The minimum Gasteiger partial charge on any atom is -0.355 e. The number of rotatable bonds is 4. The number of carbonyl (C=O) groups excluding carboxylic acids is 2. The molecule has 0 saturated heterocycles. The van der Waals surface area contributed by atoms with Crippen LogP contribution in [0.15, 0.2) is 48.5 Å². The Bertz CT molecular complexity index is 745. The van der Waals surface area contributed by atoms with E-state index in [0.29, 0.717) is 18.0 Å². The SMILES string of the molecule is O=C1CC(C(=O)NCCc2cccc(Cl)c2)c2ccccc2N1. The predicted octanol–water partition coefficient (Wildman–Crippen LogP) is 3.12. The molecule has 1 heterocycles. The number of benzene rings is 2. The monoisotopic (exact) mass is 328 g/mol. The van der Waals surface area contributed by atoms with Crippen LogP contribution in [0.5, 0.6) is 0 Å². The van der Waals surface area contributed by atoms with Crippen LogP contribution in [0.1, 0.15) is 23.5 Å². The smallest absolute Gasteiger partial charge is 0.228 e. The number of fused-ring (bicyclic) bond motifs is 1. The van der Waals surface area contributed by atoms with Crippen molar-refractivity contribution in [3.8, 4) is 0 Å². The van der Waals surface area contributed by atoms with E-state index in [0.717, 1.165) is 16.8 Å². The molecule has 0 spiro atoms. The van der Waals surface area contributed by atoms with E-state index in [1.807, 2.05) is 48.5 Å². The zero-order chi connectivity index (χ0) is 16.2. The van der Waals surface area contributed by atoms with Crippen molar-refractivity contribution < 1.29 is 9.59 Å². The fourth-order valence-corrected chi connectivity index (χ4v) is 3.00. The quantitative estimate of drug-likeness (QED) is 0.906. The summed E-state index contributed by atoms with van der Waals surface area (Å²) in [5.74, 6) is -0.674. The van der Waals surface area contributed by atoms with Gasteiger partial charge in [-0.2, -0.15) is 0 Å². The molecule has 0 radical (unpaired) electrons. The molecule has 5 heteroatoms. The number of halogens is 1. The fraction of sp³-hybridized carbons (Fsp3) is 0.222. The number of hydrogen-bond donors (Lipinski definition) is 2. The van der Waals surface area contributed by atoms with Crippen LogP contribution in [0.3, 0.4) is 0 Å². The van der Waals surface area contributed by atoms with Gasteiger partial charge in [-0.05, 0) is 35.7 Å². The average molecular weight is 329 g/mol. The standard InChI is InChI=1S/C18H17ClN2O2/c19-13-5-3-4-12(10-13)8-9-20-18(23)15-11-17(22)21-16-7-2-1-6-14(15)16/h1-7,10,15H,8-9,11H2,(H,20,23)(H,21,22). The third kappa shape index (κ3) is 3.71. The molecule has 0 fully saturated rings. The summed E-state index contributed by atoms with van der Waals surface area (Å²) in [4.78, 5) is 24.2. The van der Waals surface area contributed by atoms with Crippen molar-refractivity contribution in [3.63, 3.8) is 0 Å². The molecule has 23 heavy (non-hydrogen) atoms. The van der Waals surface area contributed by atoms with Gasteiger partial charge in [-0.1, -0.05) is 41.9 Å². The third-order valence-electron chi connectivity index (χ3n) is 3.92. The van der Waals surface area contributed by atoms with Crippen LogP contribution >= 0.6 is 11.6 Å². The predicted molar refractivity (Wildman–Crippen MR) is 90.6 cm³/mol. The van der Waals surface area contributed by atoms with Crippen molar-refractivity contribution in [2.75, 3.05) is 11.9 Å². The van der Waals surface area contributed by atoms with Gasteiger partial charge in [0, 0.05) is 23.7 Å². The van der Waals surface area contributed by atoms with Gasteiger partial charge in [-0.15, -0.1) is 0 Å². The van der Waals surface area contributed by atoms with Gasteiger partial charge in [-0.25, -0.2) is 0 Å². The van der Waals surface area contributed by atoms with Crippen LogP contribution in [0.2, 0.25) is 5.02 Å². The van der Waals surface area contributed by atoms with E-state index in [1.54, 1.807) is 0 Å².